The Morgan fingerprint density at radius 2 is 1.39 bits per heavy atom. The van der Waals surface area contributed by atoms with E-state index < -0.39 is 0 Å². The minimum Gasteiger partial charge on any atom is -0.399 e. The fraction of sp³-hybridized carbons (Fsp3) is 0.259. The van der Waals surface area contributed by atoms with Crippen LogP contribution in [0.4, 0.5) is 5.69 Å². The first kappa shape index (κ1) is 20.0. The molecule has 0 atom stereocenters. The van der Waals surface area contributed by atoms with Gasteiger partial charge in [0.1, 0.15) is 11.6 Å². The van der Waals surface area contributed by atoms with Gasteiger partial charge in [-0.3, -0.25) is 0 Å². The molecule has 6 heteroatoms. The molecule has 0 unspecified atom stereocenters. The number of H-pyrrole nitrogens is 2. The summed E-state index contributed by atoms with van der Waals surface area (Å²) in [5, 5.41) is 0. The first-order chi connectivity index (χ1) is 16.1. The number of hydrogen-bond acceptors (Lipinski definition) is 4. The van der Waals surface area contributed by atoms with Crippen molar-refractivity contribution in [2.24, 2.45) is 5.73 Å². The van der Waals surface area contributed by atoms with Crippen molar-refractivity contribution >= 4 is 27.8 Å². The zero-order chi connectivity index (χ0) is 22.4. The van der Waals surface area contributed by atoms with Gasteiger partial charge in [0.2, 0.25) is 0 Å². The molecule has 2 heterocycles. The maximum atomic E-state index is 6.07. The minimum atomic E-state index is 0.354. The third-order valence-corrected chi connectivity index (χ3v) is 6.86. The summed E-state index contributed by atoms with van der Waals surface area (Å²) in [6, 6.07) is 21.1. The number of hydrogen-bond donors (Lipinski definition) is 4. The molecular weight excluding hydrogens is 408 g/mol. The summed E-state index contributed by atoms with van der Waals surface area (Å²) in [6.45, 7) is 0. The van der Waals surface area contributed by atoms with Crippen LogP contribution in [0.2, 0.25) is 0 Å². The summed E-state index contributed by atoms with van der Waals surface area (Å²) in [5.41, 5.74) is 20.3. The molecule has 1 fully saturated rings. The highest BCUT2D eigenvalue weighted by molar-refractivity contribution is 5.80. The van der Waals surface area contributed by atoms with E-state index in [9.17, 15) is 0 Å². The zero-order valence-electron chi connectivity index (χ0n) is 18.5. The van der Waals surface area contributed by atoms with Crippen molar-refractivity contribution in [3.63, 3.8) is 0 Å². The first-order valence-electron chi connectivity index (χ1n) is 11.7. The van der Waals surface area contributed by atoms with Gasteiger partial charge in [-0.1, -0.05) is 12.1 Å². The van der Waals surface area contributed by atoms with E-state index in [-0.39, 0.29) is 0 Å². The number of nitrogens with one attached hydrogen (secondary N) is 2. The predicted octanol–water partition coefficient (Wildman–Crippen LogP) is 5.26. The van der Waals surface area contributed by atoms with Crippen LogP contribution in [-0.2, 0) is 6.42 Å². The van der Waals surface area contributed by atoms with E-state index in [0.717, 1.165) is 77.1 Å². The Morgan fingerprint density at radius 3 is 2.09 bits per heavy atom. The van der Waals surface area contributed by atoms with Gasteiger partial charge in [0.05, 0.1) is 22.1 Å². The molecule has 1 saturated carbocycles. The van der Waals surface area contributed by atoms with Crippen LogP contribution in [0.3, 0.4) is 0 Å². The molecule has 0 spiro atoms. The van der Waals surface area contributed by atoms with Crippen molar-refractivity contribution in [1.82, 2.24) is 19.9 Å². The predicted molar refractivity (Wildman–Crippen MR) is 134 cm³/mol. The van der Waals surface area contributed by atoms with Gasteiger partial charge in [-0.05, 0) is 91.8 Å². The molecule has 0 bridgehead atoms. The molecule has 3 aromatic carbocycles. The van der Waals surface area contributed by atoms with E-state index >= 15 is 0 Å². The number of fused-ring (bicyclic) bond motifs is 2. The third kappa shape index (κ3) is 3.98. The molecule has 0 radical (unpaired) electrons. The maximum Gasteiger partial charge on any atom is 0.138 e. The summed E-state index contributed by atoms with van der Waals surface area (Å²) in [4.78, 5) is 16.6. The topological polar surface area (TPSA) is 109 Å². The lowest BCUT2D eigenvalue weighted by Gasteiger charge is -2.24. The van der Waals surface area contributed by atoms with Gasteiger partial charge in [0, 0.05) is 23.2 Å². The Hall–Kier alpha value is -3.64. The lowest BCUT2D eigenvalue weighted by molar-refractivity contribution is 0.386. The Kier molecular flexibility index (Phi) is 4.88. The van der Waals surface area contributed by atoms with Crippen LogP contribution >= 0.6 is 0 Å². The number of rotatable bonds is 4. The fourth-order valence-electron chi connectivity index (χ4n) is 4.95. The molecule has 1 aliphatic rings. The van der Waals surface area contributed by atoms with E-state index in [4.69, 9.17) is 21.4 Å². The fourth-order valence-corrected chi connectivity index (χ4v) is 4.95. The van der Waals surface area contributed by atoms with Gasteiger partial charge in [0.25, 0.3) is 0 Å². The zero-order valence-corrected chi connectivity index (χ0v) is 18.5. The van der Waals surface area contributed by atoms with Crippen LogP contribution in [0.5, 0.6) is 0 Å². The number of benzene rings is 3. The molecule has 0 saturated heterocycles. The number of nitrogen functional groups attached to an aromatic ring is 1. The van der Waals surface area contributed by atoms with Gasteiger partial charge in [-0.15, -0.1) is 0 Å². The van der Waals surface area contributed by atoms with Crippen LogP contribution in [0.15, 0.2) is 60.7 Å². The lowest BCUT2D eigenvalue weighted by Crippen LogP contribution is -2.26. The number of imidazole rings is 2. The molecule has 5 aromatic rings. The quantitative estimate of drug-likeness (QED) is 0.288. The second-order valence-electron chi connectivity index (χ2n) is 9.32. The van der Waals surface area contributed by atoms with Crippen LogP contribution < -0.4 is 11.5 Å². The molecular formula is C27H28N6. The SMILES string of the molecule is Nc1ccc(-c2nc3ccc(Cc4ccc5nc(C6CCC(N)CC6)[nH]c5c4)cc3[nH]2)cc1. The standard InChI is InChI=1S/C27H28N6/c28-20-7-3-18(4-8-20)26-30-22-11-1-16(14-24(22)32-26)13-17-2-12-23-25(15-17)33-27(31-23)19-5-9-21(29)10-6-19/h1-4,7-8,11-12,14-15,19,21H,5-6,9-10,13,28-29H2,(H,30,32)(H,31,33). The molecule has 2 aromatic heterocycles. The summed E-state index contributed by atoms with van der Waals surface area (Å²) in [6.07, 6.45) is 5.27. The molecule has 6 N–H and O–H groups in total. The average molecular weight is 437 g/mol. The third-order valence-electron chi connectivity index (χ3n) is 6.86. The highest BCUT2D eigenvalue weighted by Gasteiger charge is 2.22. The highest BCUT2D eigenvalue weighted by Crippen LogP contribution is 2.32. The van der Waals surface area contributed by atoms with Crippen LogP contribution in [0.1, 0.15) is 48.6 Å². The van der Waals surface area contributed by atoms with E-state index in [2.05, 4.69) is 46.4 Å². The number of anilines is 1. The highest BCUT2D eigenvalue weighted by atomic mass is 14.9. The van der Waals surface area contributed by atoms with Gasteiger partial charge in [0.15, 0.2) is 0 Å². The summed E-state index contributed by atoms with van der Waals surface area (Å²) >= 11 is 0. The monoisotopic (exact) mass is 436 g/mol. The second-order valence-corrected chi connectivity index (χ2v) is 9.32. The maximum absolute atomic E-state index is 6.07. The largest absolute Gasteiger partial charge is 0.399 e. The summed E-state index contributed by atoms with van der Waals surface area (Å²) < 4.78 is 0. The Morgan fingerprint density at radius 1 is 0.758 bits per heavy atom. The van der Waals surface area contributed by atoms with E-state index in [0.29, 0.717) is 12.0 Å². The van der Waals surface area contributed by atoms with Crippen LogP contribution in [0.25, 0.3) is 33.5 Å². The van der Waals surface area contributed by atoms with Crippen molar-refractivity contribution in [1.29, 1.82) is 0 Å². The lowest BCUT2D eigenvalue weighted by atomic mass is 9.86. The van der Waals surface area contributed by atoms with Crippen LogP contribution in [-0.4, -0.2) is 26.0 Å². The van der Waals surface area contributed by atoms with Gasteiger partial charge in [-0.25, -0.2) is 9.97 Å². The van der Waals surface area contributed by atoms with E-state index in [1.807, 2.05) is 24.3 Å². The number of aromatic amines is 2. The van der Waals surface area contributed by atoms with Crippen molar-refractivity contribution in [3.8, 4) is 11.4 Å². The summed E-state index contributed by atoms with van der Waals surface area (Å²) in [5.74, 6) is 2.47. The Balaban J connectivity index is 1.24. The van der Waals surface area contributed by atoms with Gasteiger partial charge >= 0.3 is 0 Å². The summed E-state index contributed by atoms with van der Waals surface area (Å²) in [7, 11) is 0. The number of nitrogens with two attached hydrogens (primary N) is 2. The average Bonchev–Trinajstić information content (AvgIpc) is 3.44. The van der Waals surface area contributed by atoms with Crippen molar-refractivity contribution in [2.75, 3.05) is 5.73 Å². The molecule has 0 aliphatic heterocycles. The first-order valence-corrected chi connectivity index (χ1v) is 11.7. The van der Waals surface area contributed by atoms with Crippen molar-refractivity contribution < 1.29 is 0 Å². The normalized spacial score (nSPS) is 18.8. The number of nitrogens with zero attached hydrogens (tertiary/aromatic N) is 2. The van der Waals surface area contributed by atoms with Crippen LogP contribution in [0, 0.1) is 0 Å². The minimum absolute atomic E-state index is 0.354. The van der Waals surface area contributed by atoms with Crippen molar-refractivity contribution in [2.45, 2.75) is 44.1 Å². The Labute approximate surface area is 192 Å². The van der Waals surface area contributed by atoms with Gasteiger partial charge in [-0.2, -0.15) is 0 Å². The second kappa shape index (κ2) is 8.05. The van der Waals surface area contributed by atoms with E-state index in [1.165, 1.54) is 11.1 Å². The molecule has 166 valence electrons. The van der Waals surface area contributed by atoms with E-state index in [1.54, 1.807) is 0 Å². The smallest absolute Gasteiger partial charge is 0.138 e. The Bertz CT molecular complexity index is 1420. The molecule has 6 nitrogen and oxygen atoms in total. The number of aromatic nitrogens is 4. The molecule has 1 aliphatic carbocycles. The molecule has 33 heavy (non-hydrogen) atoms. The van der Waals surface area contributed by atoms with Crippen molar-refractivity contribution in [3.05, 3.63) is 77.6 Å². The van der Waals surface area contributed by atoms with Gasteiger partial charge < -0.3 is 21.4 Å². The molecule has 6 rings (SSSR count). The molecule has 0 amide bonds.